The number of benzene rings is 1. The van der Waals surface area contributed by atoms with Crippen molar-refractivity contribution in [2.75, 3.05) is 41.7 Å². The van der Waals surface area contributed by atoms with Gasteiger partial charge in [-0.2, -0.15) is 0 Å². The first-order valence-electron chi connectivity index (χ1n) is 7.00. The lowest BCUT2D eigenvalue weighted by Crippen LogP contribution is -2.46. The van der Waals surface area contributed by atoms with Gasteiger partial charge in [0.05, 0.1) is 0 Å². The van der Waals surface area contributed by atoms with Crippen molar-refractivity contribution in [2.24, 2.45) is 0 Å². The molecule has 1 fully saturated rings. The number of aryl methyl sites for hydroxylation is 1. The predicted octanol–water partition coefficient (Wildman–Crippen LogP) is 2.30. The largest absolute Gasteiger partial charge is 0.399 e. The molecule has 2 N–H and O–H groups in total. The lowest BCUT2D eigenvalue weighted by molar-refractivity contribution is 0.647. The van der Waals surface area contributed by atoms with E-state index in [4.69, 9.17) is 5.73 Å². The maximum absolute atomic E-state index is 5.73. The maximum atomic E-state index is 5.73. The summed E-state index contributed by atoms with van der Waals surface area (Å²) >= 11 is 0. The Morgan fingerprint density at radius 3 is 2.15 bits per heavy atom. The Morgan fingerprint density at radius 2 is 1.55 bits per heavy atom. The summed E-state index contributed by atoms with van der Waals surface area (Å²) in [6, 6.07) is 12.3. The van der Waals surface area contributed by atoms with Crippen LogP contribution in [0.25, 0.3) is 0 Å². The van der Waals surface area contributed by atoms with Gasteiger partial charge < -0.3 is 15.5 Å². The van der Waals surface area contributed by atoms with Crippen LogP contribution in [0.2, 0.25) is 0 Å². The lowest BCUT2D eigenvalue weighted by atomic mass is 10.2. The number of hydrogen-bond acceptors (Lipinski definition) is 4. The summed E-state index contributed by atoms with van der Waals surface area (Å²) in [5.74, 6) is 1.08. The number of rotatable bonds is 2. The Morgan fingerprint density at radius 1 is 0.900 bits per heavy atom. The molecule has 3 rings (SSSR count). The first kappa shape index (κ1) is 12.8. The van der Waals surface area contributed by atoms with E-state index < -0.39 is 0 Å². The minimum Gasteiger partial charge on any atom is -0.399 e. The van der Waals surface area contributed by atoms with Gasteiger partial charge in [0.2, 0.25) is 0 Å². The number of nitrogens with zero attached hydrogens (tertiary/aromatic N) is 3. The Kier molecular flexibility index (Phi) is 3.46. The Balaban J connectivity index is 1.64. The van der Waals surface area contributed by atoms with Gasteiger partial charge in [0, 0.05) is 43.8 Å². The molecule has 4 nitrogen and oxygen atoms in total. The summed E-state index contributed by atoms with van der Waals surface area (Å²) in [6.07, 6.45) is 1.93. The zero-order valence-corrected chi connectivity index (χ0v) is 11.8. The molecule has 0 aliphatic carbocycles. The van der Waals surface area contributed by atoms with Crippen LogP contribution in [0.5, 0.6) is 0 Å². The third-order valence-electron chi connectivity index (χ3n) is 3.76. The van der Waals surface area contributed by atoms with Crippen molar-refractivity contribution in [3.8, 4) is 0 Å². The van der Waals surface area contributed by atoms with Gasteiger partial charge in [0.25, 0.3) is 0 Å². The van der Waals surface area contributed by atoms with Gasteiger partial charge in [-0.05, 0) is 42.8 Å². The number of anilines is 3. The van der Waals surface area contributed by atoms with Crippen molar-refractivity contribution in [3.05, 3.63) is 48.2 Å². The molecule has 4 heteroatoms. The molecule has 1 aliphatic rings. The van der Waals surface area contributed by atoms with Gasteiger partial charge in [0.1, 0.15) is 5.82 Å². The van der Waals surface area contributed by atoms with Gasteiger partial charge >= 0.3 is 0 Å². The highest BCUT2D eigenvalue weighted by molar-refractivity contribution is 5.54. The maximum Gasteiger partial charge on any atom is 0.128 e. The molecule has 0 unspecified atom stereocenters. The first-order chi connectivity index (χ1) is 9.72. The molecule has 0 spiro atoms. The van der Waals surface area contributed by atoms with Crippen molar-refractivity contribution < 1.29 is 0 Å². The predicted molar refractivity (Wildman–Crippen MR) is 84.3 cm³/mol. The number of nitrogens with two attached hydrogens (primary N) is 1. The van der Waals surface area contributed by atoms with Crippen LogP contribution in [0.1, 0.15) is 5.56 Å². The normalized spacial score (nSPS) is 15.4. The van der Waals surface area contributed by atoms with Crippen molar-refractivity contribution in [2.45, 2.75) is 6.92 Å². The van der Waals surface area contributed by atoms with E-state index in [9.17, 15) is 0 Å². The van der Waals surface area contributed by atoms with Crippen LogP contribution >= 0.6 is 0 Å². The van der Waals surface area contributed by atoms with Crippen LogP contribution in [0.15, 0.2) is 42.6 Å². The van der Waals surface area contributed by atoms with Crippen molar-refractivity contribution in [1.82, 2.24) is 4.98 Å². The monoisotopic (exact) mass is 268 g/mol. The fourth-order valence-electron chi connectivity index (χ4n) is 2.53. The molecular formula is C16H20N4. The number of aromatic nitrogens is 1. The van der Waals surface area contributed by atoms with E-state index in [2.05, 4.69) is 46.0 Å². The second-order valence-corrected chi connectivity index (χ2v) is 5.26. The molecule has 0 atom stereocenters. The molecule has 0 radical (unpaired) electrons. The molecule has 2 heterocycles. The summed E-state index contributed by atoms with van der Waals surface area (Å²) in [4.78, 5) is 9.24. The summed E-state index contributed by atoms with van der Waals surface area (Å²) in [7, 11) is 0. The van der Waals surface area contributed by atoms with E-state index >= 15 is 0 Å². The second-order valence-electron chi connectivity index (χ2n) is 5.26. The SMILES string of the molecule is Cc1ccc(N2CCN(c3ccc(N)cc3)CC2)nc1. The molecule has 1 aromatic carbocycles. The van der Waals surface area contributed by atoms with Gasteiger partial charge in [-0.1, -0.05) is 6.07 Å². The van der Waals surface area contributed by atoms with E-state index in [1.165, 1.54) is 11.3 Å². The Labute approximate surface area is 119 Å². The molecular weight excluding hydrogens is 248 g/mol. The van der Waals surface area contributed by atoms with Crippen LogP contribution in [-0.2, 0) is 0 Å². The fraction of sp³-hybridized carbons (Fsp3) is 0.312. The van der Waals surface area contributed by atoms with Crippen molar-refractivity contribution >= 4 is 17.2 Å². The van der Waals surface area contributed by atoms with Crippen molar-refractivity contribution in [1.29, 1.82) is 0 Å². The van der Waals surface area contributed by atoms with Crippen LogP contribution < -0.4 is 15.5 Å². The quantitative estimate of drug-likeness (QED) is 0.849. The molecule has 0 saturated carbocycles. The van der Waals surface area contributed by atoms with Gasteiger partial charge in [-0.25, -0.2) is 4.98 Å². The molecule has 0 amide bonds. The van der Waals surface area contributed by atoms with Crippen LogP contribution in [0, 0.1) is 6.92 Å². The summed E-state index contributed by atoms with van der Waals surface area (Å²) in [6.45, 7) is 6.09. The molecule has 1 aliphatic heterocycles. The van der Waals surface area contributed by atoms with E-state index in [1.807, 2.05) is 18.3 Å². The highest BCUT2D eigenvalue weighted by atomic mass is 15.3. The third-order valence-corrected chi connectivity index (χ3v) is 3.76. The topological polar surface area (TPSA) is 45.4 Å². The lowest BCUT2D eigenvalue weighted by Gasteiger charge is -2.36. The van der Waals surface area contributed by atoms with Crippen LogP contribution in [0.3, 0.4) is 0 Å². The third kappa shape index (κ3) is 2.69. The average molecular weight is 268 g/mol. The first-order valence-corrected chi connectivity index (χ1v) is 7.00. The zero-order valence-electron chi connectivity index (χ0n) is 11.8. The minimum atomic E-state index is 0.816. The molecule has 0 bridgehead atoms. The summed E-state index contributed by atoms with van der Waals surface area (Å²) in [5.41, 5.74) is 9.00. The number of pyridine rings is 1. The Hall–Kier alpha value is -2.23. The molecule has 1 saturated heterocycles. The molecule has 20 heavy (non-hydrogen) atoms. The number of hydrogen-bond donors (Lipinski definition) is 1. The fourth-order valence-corrected chi connectivity index (χ4v) is 2.53. The molecule has 1 aromatic heterocycles. The molecule has 104 valence electrons. The van der Waals surface area contributed by atoms with E-state index in [0.717, 1.165) is 37.7 Å². The molecule has 2 aromatic rings. The van der Waals surface area contributed by atoms with E-state index in [1.54, 1.807) is 0 Å². The average Bonchev–Trinajstić information content (AvgIpc) is 2.49. The smallest absolute Gasteiger partial charge is 0.128 e. The highest BCUT2D eigenvalue weighted by Gasteiger charge is 2.17. The summed E-state index contributed by atoms with van der Waals surface area (Å²) < 4.78 is 0. The van der Waals surface area contributed by atoms with Crippen LogP contribution in [0.4, 0.5) is 17.2 Å². The number of nitrogen functional groups attached to an aromatic ring is 1. The van der Waals surface area contributed by atoms with Crippen LogP contribution in [-0.4, -0.2) is 31.2 Å². The minimum absolute atomic E-state index is 0.816. The van der Waals surface area contributed by atoms with E-state index in [-0.39, 0.29) is 0 Å². The van der Waals surface area contributed by atoms with Gasteiger partial charge in [0.15, 0.2) is 0 Å². The number of piperazine rings is 1. The standard InChI is InChI=1S/C16H20N4/c1-13-2-7-16(18-12-13)20-10-8-19(9-11-20)15-5-3-14(17)4-6-15/h2-7,12H,8-11,17H2,1H3. The van der Waals surface area contributed by atoms with E-state index in [0.29, 0.717) is 0 Å². The summed E-state index contributed by atoms with van der Waals surface area (Å²) in [5, 5.41) is 0. The van der Waals surface area contributed by atoms with Crippen molar-refractivity contribution in [3.63, 3.8) is 0 Å². The Bertz CT molecular complexity index is 501. The van der Waals surface area contributed by atoms with Gasteiger partial charge in [-0.15, -0.1) is 0 Å². The highest BCUT2D eigenvalue weighted by Crippen LogP contribution is 2.20. The zero-order chi connectivity index (χ0) is 13.9. The second kappa shape index (κ2) is 5.41. The van der Waals surface area contributed by atoms with Gasteiger partial charge in [-0.3, -0.25) is 0 Å².